The Kier molecular flexibility index (Phi) is 5.99. The molecule has 6 nitrogen and oxygen atoms in total. The fraction of sp³-hybridized carbons (Fsp3) is 0.412. The van der Waals surface area contributed by atoms with Crippen LogP contribution in [0.5, 0.6) is 0 Å². The zero-order valence-corrected chi connectivity index (χ0v) is 15.2. The number of amides is 2. The molecule has 1 aliphatic heterocycles. The molecule has 8 heteroatoms. The van der Waals surface area contributed by atoms with Gasteiger partial charge in [0, 0.05) is 36.9 Å². The molecule has 0 spiro atoms. The zero-order valence-electron chi connectivity index (χ0n) is 13.7. The van der Waals surface area contributed by atoms with E-state index in [-0.39, 0.29) is 24.7 Å². The number of rotatable bonds is 5. The summed E-state index contributed by atoms with van der Waals surface area (Å²) >= 11 is 7.19. The van der Waals surface area contributed by atoms with Gasteiger partial charge in [0.2, 0.25) is 16.9 Å². The van der Waals surface area contributed by atoms with Gasteiger partial charge in [-0.1, -0.05) is 35.1 Å². The molecule has 1 fully saturated rings. The Morgan fingerprint density at radius 3 is 2.80 bits per heavy atom. The minimum atomic E-state index is -0.212. The van der Waals surface area contributed by atoms with Crippen molar-refractivity contribution in [1.29, 1.82) is 0 Å². The number of halogens is 1. The Labute approximate surface area is 155 Å². The van der Waals surface area contributed by atoms with Crippen LogP contribution in [0.2, 0.25) is 5.02 Å². The van der Waals surface area contributed by atoms with E-state index < -0.39 is 0 Å². The largest absolute Gasteiger partial charge is 0.342 e. The van der Waals surface area contributed by atoms with E-state index in [0.29, 0.717) is 22.6 Å². The maximum absolute atomic E-state index is 12.4. The molecule has 1 N–H and O–H groups in total. The molecule has 1 atom stereocenters. The van der Waals surface area contributed by atoms with Crippen LogP contribution >= 0.6 is 22.9 Å². The predicted molar refractivity (Wildman–Crippen MR) is 97.8 cm³/mol. The third kappa shape index (κ3) is 4.99. The molecule has 2 aromatic rings. The van der Waals surface area contributed by atoms with E-state index in [1.807, 2.05) is 29.2 Å². The summed E-state index contributed by atoms with van der Waals surface area (Å²) in [5.41, 5.74) is 2.75. The average Bonchev–Trinajstić information content (AvgIpc) is 3.13. The molecular weight excluding hydrogens is 360 g/mol. The highest BCUT2D eigenvalue weighted by Crippen LogP contribution is 2.28. The first-order valence-corrected chi connectivity index (χ1v) is 9.47. The van der Waals surface area contributed by atoms with Crippen molar-refractivity contribution in [2.75, 3.05) is 18.4 Å². The summed E-state index contributed by atoms with van der Waals surface area (Å²) in [6.45, 7) is 1.44. The van der Waals surface area contributed by atoms with Gasteiger partial charge in [-0.15, -0.1) is 10.2 Å². The van der Waals surface area contributed by atoms with Crippen molar-refractivity contribution >= 4 is 39.9 Å². The van der Waals surface area contributed by atoms with Crippen LogP contribution in [0.4, 0.5) is 5.13 Å². The quantitative estimate of drug-likeness (QED) is 0.865. The number of benzene rings is 1. The van der Waals surface area contributed by atoms with E-state index in [9.17, 15) is 9.59 Å². The molecule has 0 saturated carbocycles. The number of anilines is 1. The van der Waals surface area contributed by atoms with Gasteiger partial charge in [0.15, 0.2) is 0 Å². The molecule has 1 saturated heterocycles. The average molecular weight is 379 g/mol. The number of carbonyl (C=O) groups is 2. The molecule has 0 radical (unpaired) electrons. The van der Waals surface area contributed by atoms with Crippen molar-refractivity contribution in [2.24, 2.45) is 0 Å². The second-order valence-corrected chi connectivity index (χ2v) is 7.29. The van der Waals surface area contributed by atoms with Crippen LogP contribution in [-0.4, -0.2) is 40.0 Å². The monoisotopic (exact) mass is 378 g/mol. The third-order valence-electron chi connectivity index (χ3n) is 4.29. The van der Waals surface area contributed by atoms with Crippen LogP contribution in [0.25, 0.3) is 0 Å². The molecule has 3 rings (SSSR count). The lowest BCUT2D eigenvalue weighted by Gasteiger charge is -2.33. The minimum Gasteiger partial charge on any atom is -0.342 e. The van der Waals surface area contributed by atoms with Crippen molar-refractivity contribution in [2.45, 2.75) is 31.6 Å². The summed E-state index contributed by atoms with van der Waals surface area (Å²) < 4.78 is 0. The lowest BCUT2D eigenvalue weighted by atomic mass is 9.90. The molecule has 0 bridgehead atoms. The third-order valence-corrected chi connectivity index (χ3v) is 5.15. The van der Waals surface area contributed by atoms with E-state index in [1.54, 1.807) is 5.51 Å². The molecule has 2 amide bonds. The Hall–Kier alpha value is -1.99. The predicted octanol–water partition coefficient (Wildman–Crippen LogP) is 3.32. The van der Waals surface area contributed by atoms with Gasteiger partial charge in [0.25, 0.3) is 0 Å². The van der Waals surface area contributed by atoms with E-state index in [0.717, 1.165) is 19.4 Å². The van der Waals surface area contributed by atoms with Crippen LogP contribution in [0.15, 0.2) is 29.8 Å². The lowest BCUT2D eigenvalue weighted by Crippen LogP contribution is -2.39. The van der Waals surface area contributed by atoms with Gasteiger partial charge in [0.05, 0.1) is 0 Å². The molecule has 0 aliphatic carbocycles. The van der Waals surface area contributed by atoms with E-state index in [2.05, 4.69) is 15.5 Å². The number of aromatic nitrogens is 2. The Bertz CT molecular complexity index is 721. The number of hydrogen-bond donors (Lipinski definition) is 1. The summed E-state index contributed by atoms with van der Waals surface area (Å²) in [5.74, 6) is 0.132. The summed E-state index contributed by atoms with van der Waals surface area (Å²) in [6.07, 6.45) is 2.39. The molecule has 25 heavy (non-hydrogen) atoms. The summed E-state index contributed by atoms with van der Waals surface area (Å²) in [5, 5.41) is 11.2. The van der Waals surface area contributed by atoms with Gasteiger partial charge < -0.3 is 10.2 Å². The van der Waals surface area contributed by atoms with Crippen molar-refractivity contribution < 1.29 is 9.59 Å². The maximum Gasteiger partial charge on any atom is 0.226 e. The van der Waals surface area contributed by atoms with Crippen LogP contribution in [0, 0.1) is 0 Å². The second-order valence-electron chi connectivity index (χ2n) is 6.02. The summed E-state index contributed by atoms with van der Waals surface area (Å²) in [4.78, 5) is 26.2. The number of piperidine rings is 1. The highest BCUT2D eigenvalue weighted by atomic mass is 35.5. The molecule has 1 aromatic heterocycles. The number of carbonyl (C=O) groups excluding carboxylic acids is 2. The summed E-state index contributed by atoms with van der Waals surface area (Å²) in [7, 11) is 0. The van der Waals surface area contributed by atoms with Gasteiger partial charge in [-0.05, 0) is 30.5 Å². The lowest BCUT2D eigenvalue weighted by molar-refractivity contribution is -0.134. The smallest absolute Gasteiger partial charge is 0.226 e. The van der Waals surface area contributed by atoms with Crippen molar-refractivity contribution in [3.8, 4) is 0 Å². The first-order chi connectivity index (χ1) is 12.1. The SMILES string of the molecule is O=C(CCC(=O)N1CCCC(c2ccc(Cl)cc2)C1)Nc1nncs1. The second kappa shape index (κ2) is 8.40. The van der Waals surface area contributed by atoms with E-state index in [4.69, 9.17) is 11.6 Å². The van der Waals surface area contributed by atoms with Crippen molar-refractivity contribution in [3.63, 3.8) is 0 Å². The maximum atomic E-state index is 12.4. The van der Waals surface area contributed by atoms with Crippen LogP contribution in [0.1, 0.15) is 37.2 Å². The van der Waals surface area contributed by atoms with Gasteiger partial charge in [-0.2, -0.15) is 0 Å². The molecular formula is C17H19ClN4O2S. The normalized spacial score (nSPS) is 17.3. The van der Waals surface area contributed by atoms with Crippen molar-refractivity contribution in [3.05, 3.63) is 40.4 Å². The standard InChI is InChI=1S/C17H19ClN4O2S/c18-14-5-3-12(4-6-14)13-2-1-9-22(10-13)16(24)8-7-15(23)20-17-21-19-11-25-17/h3-6,11,13H,1-2,7-10H2,(H,20,21,23). The highest BCUT2D eigenvalue weighted by molar-refractivity contribution is 7.13. The Morgan fingerprint density at radius 2 is 2.08 bits per heavy atom. The van der Waals surface area contributed by atoms with E-state index >= 15 is 0 Å². The summed E-state index contributed by atoms with van der Waals surface area (Å²) in [6, 6.07) is 7.82. The Balaban J connectivity index is 1.49. The van der Waals surface area contributed by atoms with Crippen molar-refractivity contribution in [1.82, 2.24) is 15.1 Å². The van der Waals surface area contributed by atoms with Gasteiger partial charge >= 0.3 is 0 Å². The first kappa shape index (κ1) is 17.8. The molecule has 1 unspecified atom stereocenters. The number of nitrogens with zero attached hydrogens (tertiary/aromatic N) is 3. The first-order valence-electron chi connectivity index (χ1n) is 8.21. The van der Waals surface area contributed by atoms with Gasteiger partial charge in [-0.3, -0.25) is 9.59 Å². The topological polar surface area (TPSA) is 75.2 Å². The number of likely N-dealkylation sites (tertiary alicyclic amines) is 1. The number of nitrogens with one attached hydrogen (secondary N) is 1. The number of hydrogen-bond acceptors (Lipinski definition) is 5. The van der Waals surface area contributed by atoms with Gasteiger partial charge in [0.1, 0.15) is 5.51 Å². The molecule has 1 aliphatic rings. The molecule has 1 aromatic carbocycles. The van der Waals surface area contributed by atoms with Crippen LogP contribution in [0.3, 0.4) is 0 Å². The zero-order chi connectivity index (χ0) is 17.6. The van der Waals surface area contributed by atoms with Gasteiger partial charge in [-0.25, -0.2) is 0 Å². The van der Waals surface area contributed by atoms with Crippen LogP contribution < -0.4 is 5.32 Å². The minimum absolute atomic E-state index is 0.0195. The molecule has 2 heterocycles. The highest BCUT2D eigenvalue weighted by Gasteiger charge is 2.25. The fourth-order valence-electron chi connectivity index (χ4n) is 3.00. The fourth-order valence-corrected chi connectivity index (χ4v) is 3.59. The van der Waals surface area contributed by atoms with Crippen LogP contribution in [-0.2, 0) is 9.59 Å². The van der Waals surface area contributed by atoms with E-state index in [1.165, 1.54) is 16.9 Å². The Morgan fingerprint density at radius 1 is 1.28 bits per heavy atom. The molecule has 132 valence electrons.